The molecule has 0 radical (unpaired) electrons. The molecule has 0 aliphatic heterocycles. The van der Waals surface area contributed by atoms with Crippen molar-refractivity contribution in [2.24, 2.45) is 5.10 Å². The fourth-order valence-electron chi connectivity index (χ4n) is 3.77. The summed E-state index contributed by atoms with van der Waals surface area (Å²) in [7, 11) is 0. The van der Waals surface area contributed by atoms with Crippen LogP contribution in [0.5, 0.6) is 5.75 Å². The number of nitrogens with zero attached hydrogens (tertiary/aromatic N) is 2. The summed E-state index contributed by atoms with van der Waals surface area (Å²) in [6.07, 6.45) is 1.50. The Bertz CT molecular complexity index is 1830. The number of aromatic nitrogens is 1. The van der Waals surface area contributed by atoms with Gasteiger partial charge in [-0.15, -0.1) is 11.3 Å². The molecule has 13 heteroatoms. The zero-order chi connectivity index (χ0) is 31.1. The lowest BCUT2D eigenvalue weighted by molar-refractivity contribution is -0.118. The average molecular weight is 730 g/mol. The smallest absolute Gasteiger partial charge is 0.271 e. The van der Waals surface area contributed by atoms with E-state index in [4.69, 9.17) is 39.5 Å². The lowest BCUT2D eigenvalue weighted by atomic mass is 10.1. The van der Waals surface area contributed by atoms with Crippen molar-refractivity contribution in [3.8, 4) is 17.0 Å². The predicted molar refractivity (Wildman–Crippen MR) is 182 cm³/mol. The van der Waals surface area contributed by atoms with Gasteiger partial charge in [0.05, 0.1) is 26.4 Å². The Morgan fingerprint density at radius 2 is 1.66 bits per heavy atom. The lowest BCUT2D eigenvalue weighted by Crippen LogP contribution is -2.20. The van der Waals surface area contributed by atoms with Gasteiger partial charge in [0.15, 0.2) is 11.7 Å². The SMILES string of the molecule is O=C(COc1ccc(/C=N\NC(=O)c2ccc(-c3csc(Nc4ccc(Cl)cc4)n3)cc2)cc1Br)Nc1ccc(Cl)c(Cl)c1. The highest BCUT2D eigenvalue weighted by molar-refractivity contribution is 9.10. The predicted octanol–water partition coefficient (Wildman–Crippen LogP) is 9.06. The molecule has 0 spiro atoms. The highest BCUT2D eigenvalue weighted by Crippen LogP contribution is 2.29. The van der Waals surface area contributed by atoms with Gasteiger partial charge in [-0.1, -0.05) is 46.9 Å². The van der Waals surface area contributed by atoms with Gasteiger partial charge in [0.2, 0.25) is 0 Å². The van der Waals surface area contributed by atoms with E-state index in [2.05, 4.69) is 42.1 Å². The van der Waals surface area contributed by atoms with Gasteiger partial charge in [0.1, 0.15) is 5.75 Å². The molecule has 5 rings (SSSR count). The van der Waals surface area contributed by atoms with Crippen molar-refractivity contribution in [1.82, 2.24) is 10.4 Å². The van der Waals surface area contributed by atoms with E-state index in [1.807, 2.05) is 41.8 Å². The van der Waals surface area contributed by atoms with Crippen molar-refractivity contribution in [2.45, 2.75) is 0 Å². The Labute approximate surface area is 280 Å². The molecule has 0 aliphatic carbocycles. The highest BCUT2D eigenvalue weighted by Gasteiger charge is 2.10. The van der Waals surface area contributed by atoms with Gasteiger partial charge in [0, 0.05) is 32.9 Å². The lowest BCUT2D eigenvalue weighted by Gasteiger charge is -2.10. The second-order valence-corrected chi connectivity index (χ2v) is 12.1. The number of rotatable bonds is 10. The number of amides is 2. The van der Waals surface area contributed by atoms with Crippen LogP contribution in [0.1, 0.15) is 15.9 Å². The Morgan fingerprint density at radius 3 is 2.39 bits per heavy atom. The third-order valence-corrected chi connectivity index (χ3v) is 8.31. The van der Waals surface area contributed by atoms with Crippen molar-refractivity contribution < 1.29 is 14.3 Å². The molecule has 4 aromatic carbocycles. The van der Waals surface area contributed by atoms with Crippen LogP contribution in [0, 0.1) is 0 Å². The number of carbonyl (C=O) groups is 2. The molecule has 0 aliphatic rings. The van der Waals surface area contributed by atoms with Crippen LogP contribution in [0.4, 0.5) is 16.5 Å². The Hall–Kier alpha value is -3.93. The monoisotopic (exact) mass is 727 g/mol. The summed E-state index contributed by atoms with van der Waals surface area (Å²) in [6.45, 7) is -0.217. The van der Waals surface area contributed by atoms with Gasteiger partial charge in [-0.05, 0) is 94.3 Å². The summed E-state index contributed by atoms with van der Waals surface area (Å²) in [5.74, 6) is -0.258. The van der Waals surface area contributed by atoms with Crippen LogP contribution in [0.15, 0.2) is 99.9 Å². The number of hydrogen-bond donors (Lipinski definition) is 3. The number of thiazole rings is 1. The normalized spacial score (nSPS) is 10.9. The van der Waals surface area contributed by atoms with Crippen LogP contribution in [0.2, 0.25) is 15.1 Å². The topological polar surface area (TPSA) is 105 Å². The summed E-state index contributed by atoms with van der Waals surface area (Å²) < 4.78 is 6.22. The Balaban J connectivity index is 1.10. The summed E-state index contributed by atoms with van der Waals surface area (Å²) in [5.41, 5.74) is 6.75. The van der Waals surface area contributed by atoms with Gasteiger partial charge in [0.25, 0.3) is 11.8 Å². The van der Waals surface area contributed by atoms with Crippen molar-refractivity contribution in [1.29, 1.82) is 0 Å². The first-order chi connectivity index (χ1) is 21.2. The highest BCUT2D eigenvalue weighted by atomic mass is 79.9. The molecule has 1 aromatic heterocycles. The number of ether oxygens (including phenoxy) is 1. The van der Waals surface area contributed by atoms with Crippen LogP contribution >= 0.6 is 62.1 Å². The fraction of sp³-hybridized carbons (Fsp3) is 0.0323. The molecule has 44 heavy (non-hydrogen) atoms. The molecule has 2 amide bonds. The summed E-state index contributed by atoms with van der Waals surface area (Å²) >= 11 is 22.7. The minimum Gasteiger partial charge on any atom is -0.483 e. The fourth-order valence-corrected chi connectivity index (χ4v) is 5.45. The molecule has 0 bridgehead atoms. The van der Waals surface area contributed by atoms with Crippen LogP contribution in [-0.4, -0.2) is 29.6 Å². The summed E-state index contributed by atoms with van der Waals surface area (Å²) in [5, 5.41) is 14.1. The third kappa shape index (κ3) is 8.58. The molecule has 0 saturated heterocycles. The second kappa shape index (κ2) is 14.7. The minimum atomic E-state index is -0.362. The molecule has 3 N–H and O–H groups in total. The third-order valence-electron chi connectivity index (χ3n) is 5.94. The molecule has 222 valence electrons. The number of nitrogens with one attached hydrogen (secondary N) is 3. The van der Waals surface area contributed by atoms with Gasteiger partial charge < -0.3 is 15.4 Å². The molecule has 5 aromatic rings. The first-order valence-corrected chi connectivity index (χ1v) is 15.6. The maximum atomic E-state index is 12.6. The molecule has 1 heterocycles. The van der Waals surface area contributed by atoms with Crippen molar-refractivity contribution in [3.05, 3.63) is 121 Å². The zero-order valence-electron chi connectivity index (χ0n) is 22.5. The van der Waals surface area contributed by atoms with E-state index in [1.54, 1.807) is 48.5 Å². The molecule has 8 nitrogen and oxygen atoms in total. The van der Waals surface area contributed by atoms with E-state index in [0.29, 0.717) is 42.1 Å². The van der Waals surface area contributed by atoms with E-state index >= 15 is 0 Å². The number of anilines is 3. The number of carbonyl (C=O) groups excluding carboxylic acids is 2. The second-order valence-electron chi connectivity index (χ2n) is 9.10. The molecule has 0 atom stereocenters. The van der Waals surface area contributed by atoms with Gasteiger partial charge >= 0.3 is 0 Å². The molecule has 0 unspecified atom stereocenters. The summed E-state index contributed by atoms with van der Waals surface area (Å²) in [4.78, 5) is 29.5. The molecule has 0 fully saturated rings. The van der Waals surface area contributed by atoms with E-state index < -0.39 is 0 Å². The first-order valence-electron chi connectivity index (χ1n) is 12.8. The minimum absolute atomic E-state index is 0.217. The van der Waals surface area contributed by atoms with Gasteiger partial charge in [-0.25, -0.2) is 10.4 Å². The van der Waals surface area contributed by atoms with E-state index in [-0.39, 0.29) is 18.4 Å². The maximum absolute atomic E-state index is 12.6. The van der Waals surface area contributed by atoms with E-state index in [0.717, 1.165) is 22.1 Å². The summed E-state index contributed by atoms with van der Waals surface area (Å²) in [6, 6.07) is 24.5. The standard InChI is InChI=1S/C31H21BrCl3N5O3S/c32-24-13-18(1-12-28(24)43-16-29(41)37-23-10-11-25(34)26(35)14-23)15-36-40-30(42)20-4-2-19(3-5-20)27-17-44-31(39-27)38-22-8-6-21(33)7-9-22/h1-15,17H,16H2,(H,37,41)(H,38,39)(H,40,42)/b36-15-. The number of hydrazone groups is 1. The van der Waals surface area contributed by atoms with Crippen LogP contribution < -0.4 is 20.8 Å². The van der Waals surface area contributed by atoms with Gasteiger partial charge in [-0.2, -0.15) is 5.10 Å². The Kier molecular flexibility index (Phi) is 10.5. The largest absolute Gasteiger partial charge is 0.483 e. The molecular formula is C31H21BrCl3N5O3S. The first kappa shape index (κ1) is 31.5. The maximum Gasteiger partial charge on any atom is 0.271 e. The van der Waals surface area contributed by atoms with Gasteiger partial charge in [-0.3, -0.25) is 9.59 Å². The van der Waals surface area contributed by atoms with Crippen molar-refractivity contribution in [3.63, 3.8) is 0 Å². The molecule has 0 saturated carbocycles. The van der Waals surface area contributed by atoms with E-state index in [9.17, 15) is 9.59 Å². The number of hydrogen-bond acceptors (Lipinski definition) is 7. The molecular weight excluding hydrogens is 709 g/mol. The van der Waals surface area contributed by atoms with Crippen molar-refractivity contribution >= 4 is 96.6 Å². The Morgan fingerprint density at radius 1 is 0.909 bits per heavy atom. The van der Waals surface area contributed by atoms with Crippen molar-refractivity contribution in [2.75, 3.05) is 17.2 Å². The van der Waals surface area contributed by atoms with Crippen LogP contribution in [-0.2, 0) is 4.79 Å². The van der Waals surface area contributed by atoms with Crippen LogP contribution in [0.3, 0.4) is 0 Å². The zero-order valence-corrected chi connectivity index (χ0v) is 27.2. The van der Waals surface area contributed by atoms with Crippen LogP contribution in [0.25, 0.3) is 11.3 Å². The average Bonchev–Trinajstić information content (AvgIpc) is 3.48. The number of halogens is 4. The quantitative estimate of drug-likeness (QED) is 0.0983. The van der Waals surface area contributed by atoms with E-state index in [1.165, 1.54) is 17.6 Å². The number of benzene rings is 4.